The molecular formula is C32H57N3O4. The number of rotatable bonds is 13. The minimum Gasteiger partial charge on any atom is -0.379 e. The molecule has 1 heterocycles. The molecule has 224 valence electrons. The molecule has 0 aliphatic carbocycles. The minimum absolute atomic E-state index is 0.0649. The molecule has 1 saturated heterocycles. The smallest absolute Gasteiger partial charge is 0.211 e. The van der Waals surface area contributed by atoms with Gasteiger partial charge < -0.3 is 30.2 Å². The van der Waals surface area contributed by atoms with Crippen molar-refractivity contribution < 1.29 is 19.0 Å². The molecule has 2 rings (SSSR count). The number of nitrogens with zero attached hydrogens (tertiary/aromatic N) is 1. The summed E-state index contributed by atoms with van der Waals surface area (Å²) in [6.45, 7) is 13.8. The molecule has 39 heavy (non-hydrogen) atoms. The number of likely N-dealkylation sites (N-methyl/N-ethyl adjacent to an activating group) is 1. The van der Waals surface area contributed by atoms with Gasteiger partial charge in [0.1, 0.15) is 0 Å². The standard InChI is InChI=1S/C22H32N2O3.C9H20O.CH5N/c1-17(15-23-16-25)5-6-19-7-9-20(10-8-19)11-12-24(3)21-13-18(2)27-22(14-21)26-4;1-6-8(2)7-9(3,4)10-5;1-2/h5-10,15-16,18,21-22H,11-14H2,1-4H3,(H,23,25);8H,6-7H2,1-5H3;2H2,1H3/b6-5-,17-15-;;/t;8-;/m.0./s1. The Morgan fingerprint density at radius 2 is 1.87 bits per heavy atom. The molecule has 0 aromatic heterocycles. The lowest BCUT2D eigenvalue weighted by Crippen LogP contribution is -2.44. The lowest BCUT2D eigenvalue weighted by molar-refractivity contribution is -0.189. The van der Waals surface area contributed by atoms with Crippen LogP contribution >= 0.6 is 0 Å². The van der Waals surface area contributed by atoms with E-state index < -0.39 is 0 Å². The highest BCUT2D eigenvalue weighted by Gasteiger charge is 2.29. The fraction of sp³-hybridized carbons (Fsp3) is 0.656. The summed E-state index contributed by atoms with van der Waals surface area (Å²) >= 11 is 0. The molecule has 1 aromatic carbocycles. The van der Waals surface area contributed by atoms with Gasteiger partial charge in [-0.3, -0.25) is 4.79 Å². The van der Waals surface area contributed by atoms with Crippen LogP contribution in [0, 0.1) is 5.92 Å². The summed E-state index contributed by atoms with van der Waals surface area (Å²) in [6.07, 6.45) is 11.9. The fourth-order valence-electron chi connectivity index (χ4n) is 4.37. The number of hydrogen-bond acceptors (Lipinski definition) is 6. The second-order valence-corrected chi connectivity index (χ2v) is 10.9. The number of carbonyl (C=O) groups excluding carboxylic acids is 1. The third-order valence-electron chi connectivity index (χ3n) is 7.08. The molecule has 7 heteroatoms. The van der Waals surface area contributed by atoms with Gasteiger partial charge in [-0.2, -0.15) is 0 Å². The SMILES string of the molecule is CC[C@H](C)CC(C)(C)OC.CN.COC1CC(N(C)CCc2ccc(/C=C\C(C)=C/NC=O)cc2)CC(C)O1. The Kier molecular flexibility index (Phi) is 19.7. The molecule has 0 radical (unpaired) electrons. The Hall–Kier alpha value is -2.03. The van der Waals surface area contributed by atoms with Crippen LogP contribution < -0.4 is 11.1 Å². The summed E-state index contributed by atoms with van der Waals surface area (Å²) in [6, 6.07) is 9.12. The van der Waals surface area contributed by atoms with Crippen LogP contribution in [-0.4, -0.2) is 70.2 Å². The van der Waals surface area contributed by atoms with Gasteiger partial charge in [-0.25, -0.2) is 0 Å². The first kappa shape index (κ1) is 37.0. The van der Waals surface area contributed by atoms with Gasteiger partial charge in [-0.1, -0.05) is 56.7 Å². The maximum atomic E-state index is 10.3. The van der Waals surface area contributed by atoms with Crippen molar-refractivity contribution in [3.8, 4) is 0 Å². The van der Waals surface area contributed by atoms with Gasteiger partial charge in [-0.15, -0.1) is 0 Å². The van der Waals surface area contributed by atoms with Crippen LogP contribution in [0.25, 0.3) is 6.08 Å². The maximum absolute atomic E-state index is 10.3. The second-order valence-electron chi connectivity index (χ2n) is 10.9. The van der Waals surface area contributed by atoms with Crippen molar-refractivity contribution in [2.24, 2.45) is 11.7 Å². The predicted molar refractivity (Wildman–Crippen MR) is 164 cm³/mol. The van der Waals surface area contributed by atoms with Crippen molar-refractivity contribution in [2.75, 3.05) is 34.9 Å². The Labute approximate surface area is 239 Å². The van der Waals surface area contributed by atoms with Gasteiger partial charge in [0.2, 0.25) is 6.41 Å². The number of benzene rings is 1. The third-order valence-corrected chi connectivity index (χ3v) is 7.08. The van der Waals surface area contributed by atoms with E-state index in [0.717, 1.165) is 49.3 Å². The Balaban J connectivity index is 0.00000101. The van der Waals surface area contributed by atoms with E-state index in [-0.39, 0.29) is 18.0 Å². The first-order chi connectivity index (χ1) is 18.5. The molecule has 0 spiro atoms. The number of nitrogens with one attached hydrogen (secondary N) is 1. The van der Waals surface area contributed by atoms with Gasteiger partial charge in [0.05, 0.1) is 11.7 Å². The van der Waals surface area contributed by atoms with Crippen LogP contribution in [0.4, 0.5) is 0 Å². The van der Waals surface area contributed by atoms with Crippen LogP contribution in [0.15, 0.2) is 42.1 Å². The molecule has 3 N–H and O–H groups in total. The zero-order valence-corrected chi connectivity index (χ0v) is 26.3. The summed E-state index contributed by atoms with van der Waals surface area (Å²) < 4.78 is 16.5. The average Bonchev–Trinajstić information content (AvgIpc) is 2.94. The van der Waals surface area contributed by atoms with Gasteiger partial charge in [0.15, 0.2) is 6.29 Å². The predicted octanol–water partition coefficient (Wildman–Crippen LogP) is 5.79. The van der Waals surface area contributed by atoms with Crippen molar-refractivity contribution in [1.82, 2.24) is 10.2 Å². The van der Waals surface area contributed by atoms with Crippen molar-refractivity contribution in [2.45, 2.75) is 97.7 Å². The Morgan fingerprint density at radius 1 is 1.23 bits per heavy atom. The molecule has 4 atom stereocenters. The second kappa shape index (κ2) is 20.8. The zero-order chi connectivity index (χ0) is 29.8. The van der Waals surface area contributed by atoms with E-state index in [1.54, 1.807) is 20.4 Å². The number of methoxy groups -OCH3 is 2. The molecule has 0 saturated carbocycles. The quantitative estimate of drug-likeness (QED) is 0.240. The van der Waals surface area contributed by atoms with E-state index in [4.69, 9.17) is 14.2 Å². The van der Waals surface area contributed by atoms with Gasteiger partial charge in [-0.05, 0) is 83.7 Å². The highest BCUT2D eigenvalue weighted by Crippen LogP contribution is 2.24. The molecule has 1 aliphatic rings. The molecule has 7 nitrogen and oxygen atoms in total. The summed E-state index contributed by atoms with van der Waals surface area (Å²) in [5.74, 6) is 0.773. The average molecular weight is 548 g/mol. The first-order valence-electron chi connectivity index (χ1n) is 14.2. The van der Waals surface area contributed by atoms with E-state index in [1.165, 1.54) is 19.0 Å². The lowest BCUT2D eigenvalue weighted by atomic mass is 9.93. The van der Waals surface area contributed by atoms with Crippen LogP contribution in [-0.2, 0) is 25.4 Å². The van der Waals surface area contributed by atoms with Crippen molar-refractivity contribution in [3.63, 3.8) is 0 Å². The van der Waals surface area contributed by atoms with E-state index in [0.29, 0.717) is 12.5 Å². The molecule has 1 fully saturated rings. The normalized spacial score (nSPS) is 20.5. The van der Waals surface area contributed by atoms with E-state index in [2.05, 4.69) is 81.9 Å². The highest BCUT2D eigenvalue weighted by atomic mass is 16.7. The van der Waals surface area contributed by atoms with Gasteiger partial charge in [0.25, 0.3) is 0 Å². The first-order valence-corrected chi connectivity index (χ1v) is 14.2. The topological polar surface area (TPSA) is 86.1 Å². The van der Waals surface area contributed by atoms with Crippen molar-refractivity contribution in [1.29, 1.82) is 0 Å². The van der Waals surface area contributed by atoms with E-state index in [1.807, 2.05) is 19.1 Å². The molecule has 0 bridgehead atoms. The number of carbonyl (C=O) groups is 1. The molecule has 1 aromatic rings. The summed E-state index contributed by atoms with van der Waals surface area (Å²) in [4.78, 5) is 12.7. The monoisotopic (exact) mass is 547 g/mol. The number of ether oxygens (including phenoxy) is 3. The third kappa shape index (κ3) is 16.6. The number of amides is 1. The number of allylic oxidation sites excluding steroid dienone is 2. The van der Waals surface area contributed by atoms with Crippen LogP contribution in [0.1, 0.15) is 78.4 Å². The molecule has 1 amide bonds. The number of hydrogen-bond donors (Lipinski definition) is 2. The number of nitrogens with two attached hydrogens (primary N) is 1. The largest absolute Gasteiger partial charge is 0.379 e. The van der Waals surface area contributed by atoms with E-state index in [9.17, 15) is 4.79 Å². The van der Waals surface area contributed by atoms with Crippen LogP contribution in [0.5, 0.6) is 0 Å². The maximum Gasteiger partial charge on any atom is 0.211 e. The van der Waals surface area contributed by atoms with Gasteiger partial charge >= 0.3 is 0 Å². The molecule has 1 aliphatic heterocycles. The molecule has 3 unspecified atom stereocenters. The van der Waals surface area contributed by atoms with Gasteiger partial charge in [0, 0.05) is 39.4 Å². The van der Waals surface area contributed by atoms with Crippen LogP contribution in [0.3, 0.4) is 0 Å². The summed E-state index contributed by atoms with van der Waals surface area (Å²) in [5.41, 5.74) is 8.03. The summed E-state index contributed by atoms with van der Waals surface area (Å²) in [5, 5.41) is 2.54. The van der Waals surface area contributed by atoms with E-state index >= 15 is 0 Å². The minimum atomic E-state index is -0.0912. The zero-order valence-electron chi connectivity index (χ0n) is 26.3. The fourth-order valence-corrected chi connectivity index (χ4v) is 4.37. The van der Waals surface area contributed by atoms with Crippen molar-refractivity contribution in [3.05, 3.63) is 53.2 Å². The Bertz CT molecular complexity index is 823. The van der Waals surface area contributed by atoms with Crippen molar-refractivity contribution >= 4 is 12.5 Å². The van der Waals surface area contributed by atoms with Crippen LogP contribution in [0.2, 0.25) is 0 Å². The summed E-state index contributed by atoms with van der Waals surface area (Å²) in [7, 11) is 7.18. The molecular weight excluding hydrogens is 490 g/mol. The highest BCUT2D eigenvalue weighted by molar-refractivity contribution is 5.54. The Morgan fingerprint density at radius 3 is 2.41 bits per heavy atom. The lowest BCUT2D eigenvalue weighted by Gasteiger charge is -2.38.